The summed E-state index contributed by atoms with van der Waals surface area (Å²) in [6.45, 7) is 1.63. The van der Waals surface area contributed by atoms with E-state index in [9.17, 15) is 23.6 Å². The molecule has 1 saturated heterocycles. The number of nitrogens with zero attached hydrogens (tertiary/aromatic N) is 3. The SMILES string of the molecule is Cc1ccc(N2C(=O)C3Sc4c(sc(=O)n4CC(=O)Nc4ccc(F)cc4)[C@@H](c4cccnc4)C3C2=O)cc1. The molecular formula is C28H21FN4O4S2. The van der Waals surface area contributed by atoms with Gasteiger partial charge in [-0.2, -0.15) is 0 Å². The van der Waals surface area contributed by atoms with Crippen molar-refractivity contribution in [3.63, 3.8) is 0 Å². The molecule has 0 radical (unpaired) electrons. The fraction of sp³-hybridized carbons (Fsp3) is 0.179. The summed E-state index contributed by atoms with van der Waals surface area (Å²) in [6.07, 6.45) is 3.26. The van der Waals surface area contributed by atoms with Gasteiger partial charge in [-0.15, -0.1) is 0 Å². The van der Waals surface area contributed by atoms with Gasteiger partial charge in [0.1, 0.15) is 17.6 Å². The Morgan fingerprint density at radius 2 is 1.77 bits per heavy atom. The van der Waals surface area contributed by atoms with Crippen LogP contribution in [0.15, 0.2) is 82.9 Å². The molecule has 39 heavy (non-hydrogen) atoms. The largest absolute Gasteiger partial charge is 0.325 e. The molecule has 11 heteroatoms. The maximum Gasteiger partial charge on any atom is 0.308 e. The number of hydrogen-bond acceptors (Lipinski definition) is 7. The van der Waals surface area contributed by atoms with Crippen LogP contribution in [0.5, 0.6) is 0 Å². The highest BCUT2D eigenvalue weighted by molar-refractivity contribution is 8.00. The number of carbonyl (C=O) groups excluding carboxylic acids is 3. The van der Waals surface area contributed by atoms with E-state index < -0.39 is 28.8 Å². The minimum atomic E-state index is -0.781. The van der Waals surface area contributed by atoms with Gasteiger partial charge in [-0.05, 0) is 55.0 Å². The van der Waals surface area contributed by atoms with Crippen LogP contribution in [0.4, 0.5) is 15.8 Å². The van der Waals surface area contributed by atoms with Crippen LogP contribution < -0.4 is 15.1 Å². The summed E-state index contributed by atoms with van der Waals surface area (Å²) in [5.41, 5.74) is 2.60. The first-order chi connectivity index (χ1) is 18.8. The first-order valence-electron chi connectivity index (χ1n) is 12.1. The second-order valence-corrected chi connectivity index (χ2v) is 11.5. The van der Waals surface area contributed by atoms with Gasteiger partial charge in [0.25, 0.3) is 0 Å². The van der Waals surface area contributed by atoms with Crippen molar-refractivity contribution in [3.05, 3.63) is 105 Å². The number of amides is 3. The molecule has 1 N–H and O–H groups in total. The number of rotatable bonds is 5. The molecule has 0 saturated carbocycles. The van der Waals surface area contributed by atoms with Crippen molar-refractivity contribution in [2.24, 2.45) is 5.92 Å². The number of aryl methyl sites for hydroxylation is 1. The van der Waals surface area contributed by atoms with Crippen LogP contribution >= 0.6 is 23.1 Å². The third-order valence-electron chi connectivity index (χ3n) is 6.81. The second-order valence-electron chi connectivity index (χ2n) is 9.35. The normalized spacial score (nSPS) is 20.1. The molecule has 196 valence electrons. The van der Waals surface area contributed by atoms with Crippen molar-refractivity contribution in [2.75, 3.05) is 10.2 Å². The van der Waals surface area contributed by atoms with E-state index >= 15 is 0 Å². The Morgan fingerprint density at radius 3 is 2.46 bits per heavy atom. The molecule has 8 nitrogen and oxygen atoms in total. The molecule has 2 aromatic heterocycles. The van der Waals surface area contributed by atoms with E-state index in [4.69, 9.17) is 0 Å². The zero-order valence-corrected chi connectivity index (χ0v) is 22.2. The number of imide groups is 1. The Kier molecular flexibility index (Phi) is 6.40. The van der Waals surface area contributed by atoms with Crippen LogP contribution in [0.25, 0.3) is 0 Å². The second kappa shape index (κ2) is 9.90. The third kappa shape index (κ3) is 4.47. The van der Waals surface area contributed by atoms with Crippen LogP contribution in [0.1, 0.15) is 21.9 Å². The number of anilines is 2. The number of halogens is 1. The highest BCUT2D eigenvalue weighted by Gasteiger charge is 2.56. The number of aromatic nitrogens is 2. The molecule has 2 aliphatic rings. The molecule has 2 aliphatic heterocycles. The number of pyridine rings is 1. The molecule has 4 heterocycles. The highest BCUT2D eigenvalue weighted by atomic mass is 32.2. The van der Waals surface area contributed by atoms with E-state index in [1.807, 2.05) is 25.1 Å². The van der Waals surface area contributed by atoms with Gasteiger partial charge in [-0.3, -0.25) is 28.7 Å². The number of thioether (sulfide) groups is 1. The predicted octanol–water partition coefficient (Wildman–Crippen LogP) is 4.19. The van der Waals surface area contributed by atoms with Crippen molar-refractivity contribution in [1.82, 2.24) is 9.55 Å². The first-order valence-corrected chi connectivity index (χ1v) is 13.8. The van der Waals surface area contributed by atoms with E-state index in [1.165, 1.54) is 33.7 Å². The fourth-order valence-electron chi connectivity index (χ4n) is 5.00. The van der Waals surface area contributed by atoms with Gasteiger partial charge in [0, 0.05) is 28.9 Å². The molecular weight excluding hydrogens is 539 g/mol. The summed E-state index contributed by atoms with van der Waals surface area (Å²) >= 11 is 2.12. The lowest BCUT2D eigenvalue weighted by Gasteiger charge is -2.30. The van der Waals surface area contributed by atoms with Gasteiger partial charge < -0.3 is 5.32 Å². The van der Waals surface area contributed by atoms with Gasteiger partial charge in [0.15, 0.2) is 0 Å². The van der Waals surface area contributed by atoms with Crippen molar-refractivity contribution < 1.29 is 18.8 Å². The van der Waals surface area contributed by atoms with Gasteiger partial charge in [0.2, 0.25) is 17.7 Å². The van der Waals surface area contributed by atoms with E-state index in [1.54, 1.807) is 30.6 Å². The van der Waals surface area contributed by atoms with Crippen molar-refractivity contribution in [2.45, 2.75) is 29.7 Å². The Bertz CT molecular complexity index is 1650. The lowest BCUT2D eigenvalue weighted by atomic mass is 9.84. The smallest absolute Gasteiger partial charge is 0.308 e. The minimum absolute atomic E-state index is 0.296. The number of nitrogens with one attached hydrogen (secondary N) is 1. The van der Waals surface area contributed by atoms with Crippen LogP contribution in [-0.2, 0) is 20.9 Å². The van der Waals surface area contributed by atoms with Gasteiger partial charge in [-0.1, -0.05) is 46.9 Å². The number of carbonyl (C=O) groups is 3. The highest BCUT2D eigenvalue weighted by Crippen LogP contribution is 2.53. The van der Waals surface area contributed by atoms with E-state index in [-0.39, 0.29) is 23.2 Å². The fourth-order valence-corrected chi connectivity index (χ4v) is 7.77. The third-order valence-corrected chi connectivity index (χ3v) is 9.42. The molecule has 3 atom stereocenters. The maximum absolute atomic E-state index is 13.8. The Labute approximate surface area is 230 Å². The Hall–Kier alpha value is -4.09. The summed E-state index contributed by atoms with van der Waals surface area (Å²) in [5.74, 6) is -2.91. The summed E-state index contributed by atoms with van der Waals surface area (Å²) in [4.78, 5) is 59.2. The van der Waals surface area contributed by atoms with Crippen LogP contribution in [0.2, 0.25) is 0 Å². The van der Waals surface area contributed by atoms with Crippen LogP contribution in [-0.4, -0.2) is 32.5 Å². The molecule has 2 aromatic carbocycles. The van der Waals surface area contributed by atoms with Crippen LogP contribution in [0, 0.1) is 18.7 Å². The average Bonchev–Trinajstić information content (AvgIpc) is 3.37. The van der Waals surface area contributed by atoms with E-state index in [0.717, 1.165) is 28.7 Å². The molecule has 6 rings (SSSR count). The summed E-state index contributed by atoms with van der Waals surface area (Å²) < 4.78 is 14.6. The lowest BCUT2D eigenvalue weighted by molar-refractivity contribution is -0.122. The first kappa shape index (κ1) is 25.2. The molecule has 0 aliphatic carbocycles. The molecule has 0 spiro atoms. The Morgan fingerprint density at radius 1 is 1.03 bits per heavy atom. The molecule has 4 aromatic rings. The average molecular weight is 561 g/mol. The zero-order valence-electron chi connectivity index (χ0n) is 20.5. The number of fused-ring (bicyclic) bond motifs is 2. The van der Waals surface area contributed by atoms with Gasteiger partial charge in [-0.25, -0.2) is 9.29 Å². The van der Waals surface area contributed by atoms with Crippen molar-refractivity contribution in [3.8, 4) is 0 Å². The topological polar surface area (TPSA) is 101 Å². The van der Waals surface area contributed by atoms with Gasteiger partial charge in [0.05, 0.1) is 16.6 Å². The Balaban J connectivity index is 1.39. The summed E-state index contributed by atoms with van der Waals surface area (Å²) in [7, 11) is 0. The lowest BCUT2D eigenvalue weighted by Crippen LogP contribution is -2.33. The number of benzene rings is 2. The molecule has 0 bridgehead atoms. The molecule has 1 fully saturated rings. The number of hydrogen-bond donors (Lipinski definition) is 1. The standard InChI is InChI=1S/C28H21FN4O4S2/c1-15-4-10-19(11-5-15)33-25(35)22-21(16-3-2-12-30-13-16)24-27(38-23(22)26(33)36)32(28(37)39-24)14-20(34)31-18-8-6-17(29)7-9-18/h2-13,21-23H,14H2,1H3,(H,31,34)/t21-,22?,23?/m0/s1. The summed E-state index contributed by atoms with van der Waals surface area (Å²) in [5, 5.41) is 2.38. The van der Waals surface area contributed by atoms with Crippen LogP contribution in [0.3, 0.4) is 0 Å². The quantitative estimate of drug-likeness (QED) is 0.368. The number of thiazole rings is 1. The minimum Gasteiger partial charge on any atom is -0.325 e. The van der Waals surface area contributed by atoms with Crippen molar-refractivity contribution >= 4 is 52.2 Å². The zero-order chi connectivity index (χ0) is 27.3. The van der Waals surface area contributed by atoms with E-state index in [2.05, 4.69) is 10.3 Å². The predicted molar refractivity (Wildman–Crippen MR) is 146 cm³/mol. The summed E-state index contributed by atoms with van der Waals surface area (Å²) in [6, 6.07) is 16.1. The molecule has 3 amide bonds. The van der Waals surface area contributed by atoms with Crippen molar-refractivity contribution in [1.29, 1.82) is 0 Å². The maximum atomic E-state index is 13.8. The molecule has 2 unspecified atom stereocenters. The van der Waals surface area contributed by atoms with Gasteiger partial charge >= 0.3 is 4.87 Å². The monoisotopic (exact) mass is 560 g/mol. The van der Waals surface area contributed by atoms with E-state index in [0.29, 0.717) is 26.8 Å².